The number of benzene rings is 6. The van der Waals surface area contributed by atoms with Gasteiger partial charge in [-0.2, -0.15) is 0 Å². The van der Waals surface area contributed by atoms with Gasteiger partial charge in [-0.05, 0) is 94.4 Å². The van der Waals surface area contributed by atoms with Crippen LogP contribution >= 0.6 is 0 Å². The van der Waals surface area contributed by atoms with Crippen molar-refractivity contribution in [2.75, 3.05) is 0 Å². The topological polar surface area (TPSA) is 4.93 Å². The van der Waals surface area contributed by atoms with Gasteiger partial charge in [-0.15, -0.1) is 0 Å². The van der Waals surface area contributed by atoms with Crippen LogP contribution in [0.1, 0.15) is 11.1 Å². The number of para-hydroxylation sites is 2. The largest absolute Gasteiger partial charge is 0.309 e. The summed E-state index contributed by atoms with van der Waals surface area (Å²) in [5.74, 6) is 0. The molecule has 0 saturated carbocycles. The average Bonchev–Trinajstić information content (AvgIpc) is 3.27. The van der Waals surface area contributed by atoms with Crippen molar-refractivity contribution in [3.63, 3.8) is 0 Å². The fraction of sp³-hybridized carbons (Fsp3) is 0.0556. The first-order valence-electron chi connectivity index (χ1n) is 12.9. The summed E-state index contributed by atoms with van der Waals surface area (Å²) < 4.78 is 2.38. The predicted molar refractivity (Wildman–Crippen MR) is 159 cm³/mol. The molecule has 0 unspecified atom stereocenters. The average molecular weight is 474 g/mol. The molecule has 0 radical (unpaired) electrons. The van der Waals surface area contributed by atoms with E-state index < -0.39 is 0 Å². The summed E-state index contributed by atoms with van der Waals surface area (Å²) >= 11 is 0. The van der Waals surface area contributed by atoms with E-state index in [0.717, 1.165) is 0 Å². The van der Waals surface area contributed by atoms with Crippen molar-refractivity contribution in [2.24, 2.45) is 0 Å². The zero-order valence-electron chi connectivity index (χ0n) is 21.1. The Balaban J connectivity index is 1.55. The standard InChI is InChI=1S/C36H27N/c1-24-12-6-8-16-29(24)32-22-26-13-7-9-17-30(26)36(25(32)2)27-20-21-35-33(23-27)31-18-10-11-19-34(31)37(35)28-14-4-3-5-15-28/h3-23H,1-2H3. The number of hydrogen-bond donors (Lipinski definition) is 0. The molecular weight excluding hydrogens is 446 g/mol. The van der Waals surface area contributed by atoms with Gasteiger partial charge in [0.25, 0.3) is 0 Å². The molecule has 176 valence electrons. The maximum atomic E-state index is 2.40. The van der Waals surface area contributed by atoms with Crippen molar-refractivity contribution >= 4 is 32.6 Å². The second-order valence-electron chi connectivity index (χ2n) is 9.88. The zero-order valence-corrected chi connectivity index (χ0v) is 21.1. The van der Waals surface area contributed by atoms with Crippen LogP contribution in [0.15, 0.2) is 127 Å². The molecular formula is C36H27N. The number of nitrogens with zero attached hydrogens (tertiary/aromatic N) is 1. The van der Waals surface area contributed by atoms with Gasteiger partial charge in [0.05, 0.1) is 11.0 Å². The van der Waals surface area contributed by atoms with E-state index in [1.54, 1.807) is 0 Å². The maximum Gasteiger partial charge on any atom is 0.0541 e. The summed E-state index contributed by atoms with van der Waals surface area (Å²) in [6.07, 6.45) is 0. The highest BCUT2D eigenvalue weighted by atomic mass is 15.0. The summed E-state index contributed by atoms with van der Waals surface area (Å²) in [4.78, 5) is 0. The van der Waals surface area contributed by atoms with Gasteiger partial charge in [-0.25, -0.2) is 0 Å². The number of aromatic nitrogens is 1. The van der Waals surface area contributed by atoms with Crippen LogP contribution in [0.4, 0.5) is 0 Å². The normalized spacial score (nSPS) is 11.5. The van der Waals surface area contributed by atoms with Crippen LogP contribution in [0.5, 0.6) is 0 Å². The van der Waals surface area contributed by atoms with Gasteiger partial charge in [0.1, 0.15) is 0 Å². The molecule has 1 aromatic heterocycles. The second-order valence-corrected chi connectivity index (χ2v) is 9.88. The minimum Gasteiger partial charge on any atom is -0.309 e. The van der Waals surface area contributed by atoms with Crippen LogP contribution in [0.3, 0.4) is 0 Å². The van der Waals surface area contributed by atoms with Crippen LogP contribution in [0.2, 0.25) is 0 Å². The Morgan fingerprint density at radius 1 is 0.486 bits per heavy atom. The molecule has 6 aromatic carbocycles. The molecule has 0 amide bonds. The van der Waals surface area contributed by atoms with E-state index in [4.69, 9.17) is 0 Å². The van der Waals surface area contributed by atoms with Crippen LogP contribution < -0.4 is 0 Å². The van der Waals surface area contributed by atoms with Gasteiger partial charge < -0.3 is 4.57 Å². The lowest BCUT2D eigenvalue weighted by molar-refractivity contribution is 1.18. The number of hydrogen-bond acceptors (Lipinski definition) is 0. The van der Waals surface area contributed by atoms with E-state index in [9.17, 15) is 0 Å². The summed E-state index contributed by atoms with van der Waals surface area (Å²) in [6.45, 7) is 4.48. The van der Waals surface area contributed by atoms with Crippen molar-refractivity contribution in [1.29, 1.82) is 0 Å². The van der Waals surface area contributed by atoms with Gasteiger partial charge in [0, 0.05) is 16.5 Å². The van der Waals surface area contributed by atoms with Gasteiger partial charge in [0.2, 0.25) is 0 Å². The first kappa shape index (κ1) is 21.6. The lowest BCUT2D eigenvalue weighted by Gasteiger charge is -2.18. The maximum absolute atomic E-state index is 2.40. The van der Waals surface area contributed by atoms with E-state index in [2.05, 4.69) is 146 Å². The first-order chi connectivity index (χ1) is 18.2. The van der Waals surface area contributed by atoms with Crippen LogP contribution in [-0.2, 0) is 0 Å². The molecule has 0 aliphatic carbocycles. The third kappa shape index (κ3) is 3.39. The minimum absolute atomic E-state index is 1.18. The Kier molecular flexibility index (Phi) is 4.97. The summed E-state index contributed by atoms with van der Waals surface area (Å²) in [5.41, 5.74) is 11.4. The quantitative estimate of drug-likeness (QED) is 0.241. The van der Waals surface area contributed by atoms with Gasteiger partial charge in [-0.3, -0.25) is 0 Å². The summed E-state index contributed by atoms with van der Waals surface area (Å²) in [7, 11) is 0. The Morgan fingerprint density at radius 3 is 2.00 bits per heavy atom. The fourth-order valence-electron chi connectivity index (χ4n) is 5.96. The van der Waals surface area contributed by atoms with Crippen molar-refractivity contribution < 1.29 is 0 Å². The Bertz CT molecular complexity index is 1940. The van der Waals surface area contributed by atoms with E-state index in [1.165, 1.54) is 71.6 Å². The first-order valence-corrected chi connectivity index (χ1v) is 12.9. The Hall–Kier alpha value is -4.62. The van der Waals surface area contributed by atoms with Gasteiger partial charge in [0.15, 0.2) is 0 Å². The smallest absolute Gasteiger partial charge is 0.0541 e. The number of fused-ring (bicyclic) bond motifs is 4. The highest BCUT2D eigenvalue weighted by Crippen LogP contribution is 2.41. The van der Waals surface area contributed by atoms with Crippen molar-refractivity contribution in [2.45, 2.75) is 13.8 Å². The molecule has 1 nitrogen and oxygen atoms in total. The molecule has 0 bridgehead atoms. The van der Waals surface area contributed by atoms with E-state index in [1.807, 2.05) is 0 Å². The summed E-state index contributed by atoms with van der Waals surface area (Å²) in [5, 5.41) is 5.12. The molecule has 0 spiro atoms. The molecule has 0 atom stereocenters. The monoisotopic (exact) mass is 473 g/mol. The highest BCUT2D eigenvalue weighted by Gasteiger charge is 2.17. The molecule has 0 N–H and O–H groups in total. The van der Waals surface area contributed by atoms with Gasteiger partial charge >= 0.3 is 0 Å². The molecule has 0 aliphatic rings. The number of rotatable bonds is 3. The third-order valence-electron chi connectivity index (χ3n) is 7.72. The lowest BCUT2D eigenvalue weighted by atomic mass is 9.86. The molecule has 0 fully saturated rings. The van der Waals surface area contributed by atoms with Crippen molar-refractivity contribution in [3.8, 4) is 27.9 Å². The molecule has 1 heterocycles. The van der Waals surface area contributed by atoms with Gasteiger partial charge in [-0.1, -0.05) is 91.0 Å². The SMILES string of the molecule is Cc1ccccc1-c1cc2ccccc2c(-c2ccc3c(c2)c2ccccc2n3-c2ccccc2)c1C. The highest BCUT2D eigenvalue weighted by molar-refractivity contribution is 6.12. The second kappa shape index (κ2) is 8.50. The predicted octanol–water partition coefficient (Wildman–Crippen LogP) is 9.89. The number of aryl methyl sites for hydroxylation is 1. The molecule has 7 rings (SSSR count). The van der Waals surface area contributed by atoms with E-state index >= 15 is 0 Å². The zero-order chi connectivity index (χ0) is 24.9. The van der Waals surface area contributed by atoms with E-state index in [-0.39, 0.29) is 0 Å². The van der Waals surface area contributed by atoms with E-state index in [0.29, 0.717) is 0 Å². The lowest BCUT2D eigenvalue weighted by Crippen LogP contribution is -1.94. The fourth-order valence-corrected chi connectivity index (χ4v) is 5.96. The molecule has 37 heavy (non-hydrogen) atoms. The Labute approximate surface area is 217 Å². The van der Waals surface area contributed by atoms with Crippen LogP contribution in [0, 0.1) is 13.8 Å². The molecule has 0 aliphatic heterocycles. The summed E-state index contributed by atoms with van der Waals surface area (Å²) in [6, 6.07) is 46.2. The Morgan fingerprint density at radius 2 is 1.16 bits per heavy atom. The molecule has 7 aromatic rings. The van der Waals surface area contributed by atoms with Crippen LogP contribution in [-0.4, -0.2) is 4.57 Å². The van der Waals surface area contributed by atoms with Crippen molar-refractivity contribution in [3.05, 3.63) is 139 Å². The minimum atomic E-state index is 1.18. The molecule has 1 heteroatoms. The van der Waals surface area contributed by atoms with Crippen LogP contribution in [0.25, 0.3) is 60.5 Å². The van der Waals surface area contributed by atoms with Crippen molar-refractivity contribution in [1.82, 2.24) is 4.57 Å². The third-order valence-corrected chi connectivity index (χ3v) is 7.72. The molecule has 0 saturated heterocycles.